The summed E-state index contributed by atoms with van der Waals surface area (Å²) in [6.45, 7) is 1.80. The van der Waals surface area contributed by atoms with E-state index in [0.717, 1.165) is 0 Å². The summed E-state index contributed by atoms with van der Waals surface area (Å²) in [6.07, 6.45) is -1.16. The number of rotatable bonds is 4. The van der Waals surface area contributed by atoms with Crippen LogP contribution in [0.25, 0.3) is 0 Å². The zero-order valence-electron chi connectivity index (χ0n) is 11.5. The van der Waals surface area contributed by atoms with E-state index in [9.17, 15) is 14.7 Å². The Kier molecular flexibility index (Phi) is 4.09. The van der Waals surface area contributed by atoms with Crippen LogP contribution in [-0.4, -0.2) is 53.3 Å². The fourth-order valence-electron chi connectivity index (χ4n) is 2.36. The minimum absolute atomic E-state index is 0.161. The Labute approximate surface area is 114 Å². The molecule has 0 saturated carbocycles. The summed E-state index contributed by atoms with van der Waals surface area (Å²) in [6, 6.07) is 1.21. The van der Waals surface area contributed by atoms with E-state index in [-0.39, 0.29) is 6.61 Å². The van der Waals surface area contributed by atoms with Gasteiger partial charge in [-0.2, -0.15) is 0 Å². The highest BCUT2D eigenvalue weighted by atomic mass is 16.6. The van der Waals surface area contributed by atoms with Gasteiger partial charge in [0, 0.05) is 26.5 Å². The summed E-state index contributed by atoms with van der Waals surface area (Å²) < 4.78 is 17.2. The molecule has 0 bridgehead atoms. The predicted octanol–water partition coefficient (Wildman–Crippen LogP) is -1.15. The molecule has 1 aromatic heterocycles. The SMILES string of the molecule is COCC1OC(n2ccc(=O)[nH]c2=O)C(C)(OC)C1O. The molecule has 2 N–H and O–H groups in total. The van der Waals surface area contributed by atoms with Crippen molar-refractivity contribution < 1.29 is 19.3 Å². The van der Waals surface area contributed by atoms with E-state index in [1.807, 2.05) is 0 Å². The number of nitrogens with zero attached hydrogens (tertiary/aromatic N) is 1. The lowest BCUT2D eigenvalue weighted by atomic mass is 9.96. The lowest BCUT2D eigenvalue weighted by molar-refractivity contribution is -0.122. The first kappa shape index (κ1) is 14.9. The molecule has 1 fully saturated rings. The first-order valence-corrected chi connectivity index (χ1v) is 6.13. The molecule has 1 saturated heterocycles. The Hall–Kier alpha value is -1.48. The van der Waals surface area contributed by atoms with Crippen LogP contribution in [-0.2, 0) is 14.2 Å². The first-order valence-electron chi connectivity index (χ1n) is 6.13. The van der Waals surface area contributed by atoms with Crippen LogP contribution >= 0.6 is 0 Å². The van der Waals surface area contributed by atoms with Crippen LogP contribution in [0, 0.1) is 0 Å². The normalized spacial score (nSPS) is 33.5. The lowest BCUT2D eigenvalue weighted by Crippen LogP contribution is -2.48. The van der Waals surface area contributed by atoms with Crippen molar-refractivity contribution in [2.24, 2.45) is 0 Å². The van der Waals surface area contributed by atoms with E-state index in [0.29, 0.717) is 0 Å². The van der Waals surface area contributed by atoms with Gasteiger partial charge in [-0.3, -0.25) is 14.3 Å². The largest absolute Gasteiger partial charge is 0.387 e. The van der Waals surface area contributed by atoms with Crippen LogP contribution < -0.4 is 11.2 Å². The van der Waals surface area contributed by atoms with Gasteiger partial charge < -0.3 is 19.3 Å². The highest BCUT2D eigenvalue weighted by Crippen LogP contribution is 2.39. The molecule has 4 unspecified atom stereocenters. The molecule has 4 atom stereocenters. The van der Waals surface area contributed by atoms with E-state index in [2.05, 4.69) is 4.98 Å². The van der Waals surface area contributed by atoms with Gasteiger partial charge in [-0.15, -0.1) is 0 Å². The molecular formula is C12H18N2O6. The Bertz CT molecular complexity index is 582. The number of ether oxygens (including phenoxy) is 3. The number of hydrogen-bond acceptors (Lipinski definition) is 6. The maximum absolute atomic E-state index is 11.9. The van der Waals surface area contributed by atoms with Crippen molar-refractivity contribution in [3.63, 3.8) is 0 Å². The van der Waals surface area contributed by atoms with Crippen molar-refractivity contribution in [1.82, 2.24) is 9.55 Å². The van der Waals surface area contributed by atoms with Crippen molar-refractivity contribution in [2.75, 3.05) is 20.8 Å². The molecular weight excluding hydrogens is 268 g/mol. The van der Waals surface area contributed by atoms with Gasteiger partial charge in [0.05, 0.1) is 6.61 Å². The molecule has 0 aromatic carbocycles. The lowest BCUT2D eigenvalue weighted by Gasteiger charge is -2.31. The third-order valence-corrected chi connectivity index (χ3v) is 3.61. The Morgan fingerprint density at radius 2 is 2.20 bits per heavy atom. The van der Waals surface area contributed by atoms with Crippen LogP contribution in [0.2, 0.25) is 0 Å². The van der Waals surface area contributed by atoms with Crippen molar-refractivity contribution in [3.05, 3.63) is 33.1 Å². The number of nitrogens with one attached hydrogen (secondary N) is 1. The highest BCUT2D eigenvalue weighted by molar-refractivity contribution is 5.02. The summed E-state index contributed by atoms with van der Waals surface area (Å²) in [5.41, 5.74) is -2.26. The summed E-state index contributed by atoms with van der Waals surface area (Å²) in [5.74, 6) is 0. The number of methoxy groups -OCH3 is 2. The summed E-state index contributed by atoms with van der Waals surface area (Å²) >= 11 is 0. The summed E-state index contributed by atoms with van der Waals surface area (Å²) in [4.78, 5) is 25.1. The average Bonchev–Trinajstić information content (AvgIpc) is 2.65. The summed E-state index contributed by atoms with van der Waals surface area (Å²) in [7, 11) is 2.91. The van der Waals surface area contributed by atoms with Crippen LogP contribution in [0.1, 0.15) is 13.2 Å². The molecule has 2 heterocycles. The zero-order chi connectivity index (χ0) is 14.9. The molecule has 0 aliphatic carbocycles. The quantitative estimate of drug-likeness (QED) is 0.724. The van der Waals surface area contributed by atoms with Crippen molar-refractivity contribution >= 4 is 0 Å². The van der Waals surface area contributed by atoms with E-state index < -0.39 is 35.3 Å². The van der Waals surface area contributed by atoms with Crippen molar-refractivity contribution in [2.45, 2.75) is 31.0 Å². The third kappa shape index (κ3) is 2.31. The zero-order valence-corrected chi connectivity index (χ0v) is 11.5. The molecule has 0 spiro atoms. The van der Waals surface area contributed by atoms with Gasteiger partial charge in [0.2, 0.25) is 0 Å². The molecule has 1 aliphatic heterocycles. The van der Waals surface area contributed by atoms with E-state index in [1.54, 1.807) is 6.92 Å². The monoisotopic (exact) mass is 286 g/mol. The number of aliphatic hydroxyl groups excluding tert-OH is 1. The molecule has 8 nitrogen and oxygen atoms in total. The van der Waals surface area contributed by atoms with Gasteiger partial charge in [-0.1, -0.05) is 0 Å². The molecule has 2 rings (SSSR count). The van der Waals surface area contributed by atoms with Gasteiger partial charge in [0.25, 0.3) is 5.56 Å². The minimum Gasteiger partial charge on any atom is -0.387 e. The van der Waals surface area contributed by atoms with Gasteiger partial charge >= 0.3 is 5.69 Å². The second kappa shape index (κ2) is 5.49. The fourth-order valence-corrected chi connectivity index (χ4v) is 2.36. The van der Waals surface area contributed by atoms with Gasteiger partial charge in [0.1, 0.15) is 17.8 Å². The molecule has 20 heavy (non-hydrogen) atoms. The van der Waals surface area contributed by atoms with Gasteiger partial charge in [-0.25, -0.2) is 4.79 Å². The fraction of sp³-hybridized carbons (Fsp3) is 0.667. The molecule has 0 amide bonds. The number of aliphatic hydroxyl groups is 1. The highest BCUT2D eigenvalue weighted by Gasteiger charge is 2.54. The van der Waals surface area contributed by atoms with Crippen LogP contribution in [0.5, 0.6) is 0 Å². The second-order valence-electron chi connectivity index (χ2n) is 4.83. The van der Waals surface area contributed by atoms with Gasteiger partial charge in [-0.05, 0) is 6.92 Å². The molecule has 0 radical (unpaired) electrons. The Morgan fingerprint density at radius 3 is 2.75 bits per heavy atom. The Balaban J connectivity index is 2.43. The topological polar surface area (TPSA) is 103 Å². The van der Waals surface area contributed by atoms with E-state index in [4.69, 9.17) is 14.2 Å². The van der Waals surface area contributed by atoms with Crippen LogP contribution in [0.4, 0.5) is 0 Å². The molecule has 1 aromatic rings. The van der Waals surface area contributed by atoms with Gasteiger partial charge in [0.15, 0.2) is 6.23 Å². The number of aromatic amines is 1. The molecule has 112 valence electrons. The standard InChI is InChI=1S/C12H18N2O6/c1-12(19-3)9(16)7(6-18-2)20-10(12)14-5-4-8(15)13-11(14)17/h4-5,7,9-10,16H,6H2,1-3H3,(H,13,15,17). The van der Waals surface area contributed by atoms with E-state index in [1.165, 1.54) is 31.0 Å². The number of H-pyrrole nitrogens is 1. The van der Waals surface area contributed by atoms with Crippen LogP contribution in [0.3, 0.4) is 0 Å². The average molecular weight is 286 g/mol. The van der Waals surface area contributed by atoms with Crippen LogP contribution in [0.15, 0.2) is 21.9 Å². The molecule has 8 heteroatoms. The second-order valence-corrected chi connectivity index (χ2v) is 4.83. The number of hydrogen-bond donors (Lipinski definition) is 2. The van der Waals surface area contributed by atoms with E-state index >= 15 is 0 Å². The number of aromatic nitrogens is 2. The van der Waals surface area contributed by atoms with Crippen molar-refractivity contribution in [3.8, 4) is 0 Å². The predicted molar refractivity (Wildman–Crippen MR) is 68.5 cm³/mol. The summed E-state index contributed by atoms with van der Waals surface area (Å²) in [5, 5.41) is 10.3. The maximum Gasteiger partial charge on any atom is 0.330 e. The minimum atomic E-state index is -1.13. The first-order chi connectivity index (χ1) is 9.43. The van der Waals surface area contributed by atoms with Crippen molar-refractivity contribution in [1.29, 1.82) is 0 Å². The molecule has 1 aliphatic rings. The smallest absolute Gasteiger partial charge is 0.330 e. The third-order valence-electron chi connectivity index (χ3n) is 3.61. The maximum atomic E-state index is 11.9. The Morgan fingerprint density at radius 1 is 1.50 bits per heavy atom.